The van der Waals surface area contributed by atoms with Gasteiger partial charge in [0, 0.05) is 39.3 Å². The number of fused-ring (bicyclic) bond motifs is 9. The third-order valence-corrected chi connectivity index (χ3v) is 9.69. The smallest absolute Gasteiger partial charge is 0.208 e. The van der Waals surface area contributed by atoms with Gasteiger partial charge in [-0.3, -0.25) is 27.7 Å². The van der Waals surface area contributed by atoms with Gasteiger partial charge in [-0.15, -0.1) is 0 Å². The van der Waals surface area contributed by atoms with Crippen LogP contribution in [0.4, 0.5) is 0 Å². The van der Waals surface area contributed by atoms with E-state index in [4.69, 9.17) is 0 Å². The molecular formula is C20H40N6+4. The van der Waals surface area contributed by atoms with Crippen molar-refractivity contribution < 1.29 is 17.9 Å². The lowest BCUT2D eigenvalue weighted by atomic mass is 10.1. The van der Waals surface area contributed by atoms with E-state index in [2.05, 4.69) is 9.80 Å². The summed E-state index contributed by atoms with van der Waals surface area (Å²) in [5.74, 6) is 0. The first-order valence-electron chi connectivity index (χ1n) is 11.5. The maximum Gasteiger partial charge on any atom is 0.208 e. The predicted molar refractivity (Wildman–Crippen MR) is 102 cm³/mol. The number of nitrogens with zero attached hydrogens (tertiary/aromatic N) is 6. The molecule has 0 N–H and O–H groups in total. The van der Waals surface area contributed by atoms with E-state index < -0.39 is 0 Å². The van der Waals surface area contributed by atoms with Gasteiger partial charge in [0.15, 0.2) is 0 Å². The van der Waals surface area contributed by atoms with Crippen LogP contribution in [-0.4, -0.2) is 159 Å². The average molecular weight is 365 g/mol. The third kappa shape index (κ3) is 2.60. The first-order chi connectivity index (χ1) is 12.6. The van der Waals surface area contributed by atoms with Crippen molar-refractivity contribution >= 4 is 0 Å². The molecule has 0 unspecified atom stereocenters. The zero-order chi connectivity index (χ0) is 17.3. The molecule has 6 bridgehead atoms. The summed E-state index contributed by atoms with van der Waals surface area (Å²) in [7, 11) is 0. The Labute approximate surface area is 159 Å². The van der Waals surface area contributed by atoms with E-state index >= 15 is 0 Å². The van der Waals surface area contributed by atoms with Gasteiger partial charge in [0.25, 0.3) is 0 Å². The standard InChI is InChI=1S/C20H40N6/c1-7-23(8-2-21(1)3-9-23)19-25-13-16-26(17-14-25,18-15-25)20-24-10-4-22(5-11-24)6-12-24/h1-20H2/q+4. The lowest BCUT2D eigenvalue weighted by Gasteiger charge is -2.61. The highest BCUT2D eigenvalue weighted by atomic mass is 15.6. The summed E-state index contributed by atoms with van der Waals surface area (Å²) in [6, 6.07) is 0. The van der Waals surface area contributed by atoms with E-state index in [0.717, 1.165) is 0 Å². The molecule has 9 aliphatic rings. The fourth-order valence-corrected chi connectivity index (χ4v) is 7.53. The van der Waals surface area contributed by atoms with Gasteiger partial charge >= 0.3 is 0 Å². The minimum atomic E-state index is 1.37. The molecule has 9 fully saturated rings. The fraction of sp³-hybridized carbons (Fsp3) is 1.00. The number of rotatable bonds is 4. The summed E-state index contributed by atoms with van der Waals surface area (Å²) in [5.41, 5.74) is 0. The fourth-order valence-electron chi connectivity index (χ4n) is 7.53. The quantitative estimate of drug-likeness (QED) is 0.582. The van der Waals surface area contributed by atoms with Crippen LogP contribution >= 0.6 is 0 Å². The van der Waals surface area contributed by atoms with Crippen molar-refractivity contribution in [2.45, 2.75) is 0 Å². The molecule has 0 radical (unpaired) electrons. The summed E-state index contributed by atoms with van der Waals surface area (Å²) >= 11 is 0. The zero-order valence-electron chi connectivity index (χ0n) is 16.8. The van der Waals surface area contributed by atoms with Crippen LogP contribution in [0.2, 0.25) is 0 Å². The summed E-state index contributed by atoms with van der Waals surface area (Å²) in [6.45, 7) is 28.7. The second-order valence-electron chi connectivity index (χ2n) is 11.0. The van der Waals surface area contributed by atoms with E-state index in [1.54, 1.807) is 0 Å². The van der Waals surface area contributed by atoms with Crippen LogP contribution in [0, 0.1) is 0 Å². The number of hydrogen-bond donors (Lipinski definition) is 0. The van der Waals surface area contributed by atoms with Crippen molar-refractivity contribution in [3.8, 4) is 0 Å². The molecule has 9 rings (SSSR count). The maximum atomic E-state index is 2.70. The van der Waals surface area contributed by atoms with Gasteiger partial charge in [0.2, 0.25) is 13.3 Å². The largest absolute Gasteiger partial charge is 0.287 e. The summed E-state index contributed by atoms with van der Waals surface area (Å²) < 4.78 is 5.89. The molecule has 0 atom stereocenters. The topological polar surface area (TPSA) is 6.48 Å². The number of hydrogen-bond acceptors (Lipinski definition) is 2. The van der Waals surface area contributed by atoms with Gasteiger partial charge in [-0.2, -0.15) is 0 Å². The lowest BCUT2D eigenvalue weighted by Crippen LogP contribution is -2.83. The van der Waals surface area contributed by atoms with Gasteiger partial charge in [-0.05, 0) is 0 Å². The molecule has 26 heavy (non-hydrogen) atoms. The summed E-state index contributed by atoms with van der Waals surface area (Å²) in [6.07, 6.45) is 0. The molecule has 9 heterocycles. The number of quaternary nitrogens is 4. The Morgan fingerprint density at radius 1 is 0.346 bits per heavy atom. The van der Waals surface area contributed by atoms with Crippen LogP contribution in [0.5, 0.6) is 0 Å². The highest BCUT2D eigenvalue weighted by Crippen LogP contribution is 2.33. The molecule has 146 valence electrons. The zero-order valence-corrected chi connectivity index (χ0v) is 16.8. The molecule has 0 aromatic heterocycles. The van der Waals surface area contributed by atoms with Crippen molar-refractivity contribution in [3.05, 3.63) is 0 Å². The van der Waals surface area contributed by atoms with Crippen LogP contribution in [-0.2, 0) is 0 Å². The predicted octanol–water partition coefficient (Wildman–Crippen LogP) is -1.15. The van der Waals surface area contributed by atoms with E-state index in [1.807, 2.05) is 0 Å². The van der Waals surface area contributed by atoms with Crippen molar-refractivity contribution in [3.63, 3.8) is 0 Å². The van der Waals surface area contributed by atoms with Crippen molar-refractivity contribution in [1.29, 1.82) is 0 Å². The minimum absolute atomic E-state index is 1.37. The molecule has 0 aliphatic carbocycles. The SMILES string of the molecule is C1C[N+]2(C[N+]34CC[N+](C[N+]56CCN(CC5)CC6)(CC3)CC4)CCN1CC2. The second kappa shape index (κ2) is 5.65. The van der Waals surface area contributed by atoms with Gasteiger partial charge in [0.1, 0.15) is 39.3 Å². The Hall–Kier alpha value is -0.240. The van der Waals surface area contributed by atoms with Crippen LogP contribution < -0.4 is 0 Å². The molecule has 0 saturated carbocycles. The Bertz CT molecular complexity index is 459. The Balaban J connectivity index is 1.14. The van der Waals surface area contributed by atoms with Crippen molar-refractivity contribution in [1.82, 2.24) is 9.80 Å². The Kier molecular flexibility index (Phi) is 3.62. The lowest BCUT2D eigenvalue weighted by molar-refractivity contribution is -1.19. The molecule has 0 amide bonds. The molecule has 6 nitrogen and oxygen atoms in total. The average Bonchev–Trinajstić information content (AvgIpc) is 2.71. The van der Waals surface area contributed by atoms with Gasteiger partial charge in [-0.1, -0.05) is 0 Å². The molecule has 0 aromatic rings. The van der Waals surface area contributed by atoms with Gasteiger partial charge in [-0.25, -0.2) is 0 Å². The van der Waals surface area contributed by atoms with Crippen LogP contribution in [0.25, 0.3) is 0 Å². The summed E-state index contributed by atoms with van der Waals surface area (Å²) in [4.78, 5) is 5.39. The normalized spacial score (nSPS) is 55.4. The first-order valence-corrected chi connectivity index (χ1v) is 11.5. The van der Waals surface area contributed by atoms with Crippen LogP contribution in [0.1, 0.15) is 0 Å². The van der Waals surface area contributed by atoms with Crippen LogP contribution in [0.3, 0.4) is 0 Å². The van der Waals surface area contributed by atoms with Crippen molar-refractivity contribution in [2.75, 3.05) is 131 Å². The Morgan fingerprint density at radius 3 is 0.846 bits per heavy atom. The molecule has 0 spiro atoms. The molecular weight excluding hydrogens is 324 g/mol. The van der Waals surface area contributed by atoms with Crippen LogP contribution in [0.15, 0.2) is 0 Å². The monoisotopic (exact) mass is 364 g/mol. The molecule has 6 heteroatoms. The molecule has 9 saturated heterocycles. The van der Waals surface area contributed by atoms with E-state index in [9.17, 15) is 0 Å². The Morgan fingerprint density at radius 2 is 0.577 bits per heavy atom. The van der Waals surface area contributed by atoms with E-state index in [1.165, 1.54) is 149 Å². The summed E-state index contributed by atoms with van der Waals surface area (Å²) in [5, 5.41) is 0. The highest BCUT2D eigenvalue weighted by Gasteiger charge is 2.57. The second-order valence-corrected chi connectivity index (χ2v) is 11.0. The molecule has 0 aromatic carbocycles. The van der Waals surface area contributed by atoms with E-state index in [-0.39, 0.29) is 0 Å². The van der Waals surface area contributed by atoms with Gasteiger partial charge < -0.3 is 0 Å². The molecule has 9 aliphatic heterocycles. The third-order valence-electron chi connectivity index (χ3n) is 9.69. The van der Waals surface area contributed by atoms with Crippen molar-refractivity contribution in [2.24, 2.45) is 0 Å². The maximum absolute atomic E-state index is 2.70. The van der Waals surface area contributed by atoms with E-state index in [0.29, 0.717) is 0 Å². The minimum Gasteiger partial charge on any atom is -0.287 e. The highest BCUT2D eigenvalue weighted by molar-refractivity contribution is 4.72. The first kappa shape index (κ1) is 16.7. The van der Waals surface area contributed by atoms with Gasteiger partial charge in [0.05, 0.1) is 39.3 Å². The number of piperazine rings is 9.